The molecule has 0 aliphatic carbocycles. The summed E-state index contributed by atoms with van der Waals surface area (Å²) in [6, 6.07) is 5.03. The van der Waals surface area contributed by atoms with Crippen molar-refractivity contribution in [3.63, 3.8) is 0 Å². The maximum atomic E-state index is 12.9. The van der Waals surface area contributed by atoms with Gasteiger partial charge in [0.2, 0.25) is 0 Å². The van der Waals surface area contributed by atoms with E-state index in [-0.39, 0.29) is 10.8 Å². The highest BCUT2D eigenvalue weighted by molar-refractivity contribution is 7.80. The minimum absolute atomic E-state index is 0.204. The van der Waals surface area contributed by atoms with Crippen molar-refractivity contribution in [3.8, 4) is 5.69 Å². The molecule has 0 saturated heterocycles. The standard InChI is InChI=1S/C14H15F3N4OS/c1-22-8-6-18-13(23)20-11-9-10(14(15,16)17)3-4-12(11)21-7-2-5-19-21/h2-5,7,9H,6,8H2,1H3,(H2,18,20,23). The number of methoxy groups -OCH3 is 1. The number of rotatable bonds is 5. The van der Waals surface area contributed by atoms with Gasteiger partial charge in [0, 0.05) is 26.0 Å². The maximum Gasteiger partial charge on any atom is 0.416 e. The van der Waals surface area contributed by atoms with E-state index in [1.807, 2.05) is 0 Å². The number of hydrogen-bond acceptors (Lipinski definition) is 3. The van der Waals surface area contributed by atoms with Gasteiger partial charge >= 0.3 is 6.18 Å². The normalized spacial score (nSPS) is 11.3. The smallest absolute Gasteiger partial charge is 0.383 e. The van der Waals surface area contributed by atoms with Crippen LogP contribution in [0, 0.1) is 0 Å². The number of thiocarbonyl (C=S) groups is 1. The first-order valence-corrected chi connectivity index (χ1v) is 7.07. The van der Waals surface area contributed by atoms with Crippen LogP contribution in [0.25, 0.3) is 5.69 Å². The number of halogens is 3. The van der Waals surface area contributed by atoms with Crippen molar-refractivity contribution >= 4 is 23.0 Å². The molecule has 2 N–H and O–H groups in total. The maximum absolute atomic E-state index is 12.9. The van der Waals surface area contributed by atoms with Crippen LogP contribution >= 0.6 is 12.2 Å². The Morgan fingerprint density at radius 3 is 2.78 bits per heavy atom. The third-order valence-electron chi connectivity index (χ3n) is 2.92. The summed E-state index contributed by atoms with van der Waals surface area (Å²) in [5.41, 5.74) is -0.104. The molecule has 0 unspecified atom stereocenters. The van der Waals surface area contributed by atoms with Gasteiger partial charge in [0.25, 0.3) is 0 Å². The first-order chi connectivity index (χ1) is 10.9. The molecule has 0 amide bonds. The zero-order valence-electron chi connectivity index (χ0n) is 12.2. The van der Waals surface area contributed by atoms with E-state index in [1.165, 1.54) is 16.9 Å². The molecule has 0 spiro atoms. The van der Waals surface area contributed by atoms with Gasteiger partial charge in [0.05, 0.1) is 23.5 Å². The first-order valence-electron chi connectivity index (χ1n) is 6.67. The van der Waals surface area contributed by atoms with Gasteiger partial charge in [0.1, 0.15) is 0 Å². The molecule has 124 valence electrons. The lowest BCUT2D eigenvalue weighted by Gasteiger charge is -2.16. The minimum Gasteiger partial charge on any atom is -0.383 e. The van der Waals surface area contributed by atoms with Crippen molar-refractivity contribution in [1.82, 2.24) is 15.1 Å². The molecule has 0 aliphatic heterocycles. The van der Waals surface area contributed by atoms with Crippen LogP contribution in [0.5, 0.6) is 0 Å². The Kier molecular flexibility index (Phi) is 5.56. The van der Waals surface area contributed by atoms with Gasteiger partial charge in [-0.15, -0.1) is 0 Å². The molecule has 0 fully saturated rings. The van der Waals surface area contributed by atoms with E-state index >= 15 is 0 Å². The summed E-state index contributed by atoms with van der Waals surface area (Å²) in [6.07, 6.45) is -1.27. The molecule has 2 aromatic rings. The molecule has 1 heterocycles. The van der Waals surface area contributed by atoms with Crippen LogP contribution in [0.2, 0.25) is 0 Å². The lowest BCUT2D eigenvalue weighted by molar-refractivity contribution is -0.137. The summed E-state index contributed by atoms with van der Waals surface area (Å²) in [5, 5.41) is 9.86. The number of nitrogens with zero attached hydrogens (tertiary/aromatic N) is 2. The van der Waals surface area contributed by atoms with Gasteiger partial charge in [0.15, 0.2) is 5.11 Å². The Morgan fingerprint density at radius 2 is 2.17 bits per heavy atom. The van der Waals surface area contributed by atoms with Crippen LogP contribution in [-0.4, -0.2) is 35.2 Å². The van der Waals surface area contributed by atoms with Crippen LogP contribution in [-0.2, 0) is 10.9 Å². The number of anilines is 1. The summed E-state index contributed by atoms with van der Waals surface area (Å²) >= 11 is 5.09. The van der Waals surface area contributed by atoms with E-state index in [1.54, 1.807) is 19.4 Å². The van der Waals surface area contributed by atoms with Gasteiger partial charge in [-0.25, -0.2) is 4.68 Å². The third-order valence-corrected chi connectivity index (χ3v) is 3.16. The van der Waals surface area contributed by atoms with Crippen molar-refractivity contribution in [2.45, 2.75) is 6.18 Å². The Labute approximate surface area is 136 Å². The fourth-order valence-corrected chi connectivity index (χ4v) is 2.07. The van der Waals surface area contributed by atoms with Gasteiger partial charge in [-0.1, -0.05) is 0 Å². The highest BCUT2D eigenvalue weighted by atomic mass is 32.1. The lowest BCUT2D eigenvalue weighted by atomic mass is 10.1. The molecule has 0 bridgehead atoms. The number of aromatic nitrogens is 2. The summed E-state index contributed by atoms with van der Waals surface area (Å²) in [6.45, 7) is 0.870. The van der Waals surface area contributed by atoms with Crippen LogP contribution < -0.4 is 10.6 Å². The predicted molar refractivity (Wildman–Crippen MR) is 84.7 cm³/mol. The van der Waals surface area contributed by atoms with Gasteiger partial charge in [-0.3, -0.25) is 0 Å². The minimum atomic E-state index is -4.44. The fourth-order valence-electron chi connectivity index (χ4n) is 1.86. The molecule has 9 heteroatoms. The van der Waals surface area contributed by atoms with Gasteiger partial charge in [-0.2, -0.15) is 18.3 Å². The molecule has 0 aliphatic rings. The molecular weight excluding hydrogens is 329 g/mol. The van der Waals surface area contributed by atoms with Crippen molar-refractivity contribution < 1.29 is 17.9 Å². The molecular formula is C14H15F3N4OS. The number of benzene rings is 1. The lowest BCUT2D eigenvalue weighted by Crippen LogP contribution is -2.31. The molecule has 0 radical (unpaired) electrons. The van der Waals surface area contributed by atoms with Crippen LogP contribution in [0.1, 0.15) is 5.56 Å². The van der Waals surface area contributed by atoms with E-state index in [0.29, 0.717) is 18.8 Å². The zero-order valence-corrected chi connectivity index (χ0v) is 13.0. The van der Waals surface area contributed by atoms with Gasteiger partial charge in [-0.05, 0) is 36.5 Å². The number of nitrogens with one attached hydrogen (secondary N) is 2. The Morgan fingerprint density at radius 1 is 1.39 bits per heavy atom. The largest absolute Gasteiger partial charge is 0.416 e. The molecule has 23 heavy (non-hydrogen) atoms. The van der Waals surface area contributed by atoms with Gasteiger partial charge < -0.3 is 15.4 Å². The molecule has 5 nitrogen and oxygen atoms in total. The van der Waals surface area contributed by atoms with Crippen LogP contribution in [0.4, 0.5) is 18.9 Å². The molecule has 1 aromatic carbocycles. The summed E-state index contributed by atoms with van der Waals surface area (Å²) < 4.78 is 45.1. The second-order valence-electron chi connectivity index (χ2n) is 4.55. The molecule has 0 atom stereocenters. The van der Waals surface area contributed by atoms with E-state index in [2.05, 4.69) is 15.7 Å². The Bertz CT molecular complexity index is 659. The Hall–Kier alpha value is -2.13. The number of hydrogen-bond donors (Lipinski definition) is 2. The average molecular weight is 344 g/mol. The van der Waals surface area contributed by atoms with Crippen LogP contribution in [0.15, 0.2) is 36.7 Å². The van der Waals surface area contributed by atoms with Crippen molar-refractivity contribution in [2.75, 3.05) is 25.6 Å². The number of ether oxygens (including phenoxy) is 1. The average Bonchev–Trinajstić information content (AvgIpc) is 3.00. The summed E-state index contributed by atoms with van der Waals surface area (Å²) in [7, 11) is 1.54. The SMILES string of the molecule is COCCNC(=S)Nc1cc(C(F)(F)F)ccc1-n1cccn1. The van der Waals surface area contributed by atoms with E-state index < -0.39 is 11.7 Å². The highest BCUT2D eigenvalue weighted by Gasteiger charge is 2.31. The number of alkyl halides is 3. The third kappa shape index (κ3) is 4.67. The molecule has 1 aromatic heterocycles. The van der Waals surface area contributed by atoms with E-state index in [0.717, 1.165) is 12.1 Å². The monoisotopic (exact) mass is 344 g/mol. The second kappa shape index (κ2) is 7.42. The van der Waals surface area contributed by atoms with Crippen LogP contribution in [0.3, 0.4) is 0 Å². The predicted octanol–water partition coefficient (Wildman–Crippen LogP) is 2.82. The first kappa shape index (κ1) is 17.2. The quantitative estimate of drug-likeness (QED) is 0.645. The van der Waals surface area contributed by atoms with Crippen molar-refractivity contribution in [1.29, 1.82) is 0 Å². The van der Waals surface area contributed by atoms with E-state index in [4.69, 9.17) is 17.0 Å². The molecule has 0 saturated carbocycles. The van der Waals surface area contributed by atoms with E-state index in [9.17, 15) is 13.2 Å². The summed E-state index contributed by atoms with van der Waals surface area (Å²) in [4.78, 5) is 0. The fraction of sp³-hybridized carbons (Fsp3) is 0.286. The topological polar surface area (TPSA) is 51.1 Å². The zero-order chi connectivity index (χ0) is 16.9. The second-order valence-corrected chi connectivity index (χ2v) is 4.96. The van der Waals surface area contributed by atoms with Crippen molar-refractivity contribution in [2.24, 2.45) is 0 Å². The summed E-state index contributed by atoms with van der Waals surface area (Å²) in [5.74, 6) is 0. The highest BCUT2D eigenvalue weighted by Crippen LogP contribution is 2.33. The molecule has 2 rings (SSSR count). The van der Waals surface area contributed by atoms with Crippen molar-refractivity contribution in [3.05, 3.63) is 42.2 Å². The Balaban J connectivity index is 2.28.